The second-order valence-electron chi connectivity index (χ2n) is 21.4. The molecule has 0 bridgehead atoms. The summed E-state index contributed by atoms with van der Waals surface area (Å²) in [5, 5.41) is 44.4. The third-order valence-corrected chi connectivity index (χ3v) is 19.5. The fourth-order valence-corrected chi connectivity index (χ4v) is 13.2. The molecule has 8 rings (SSSR count). The maximum absolute atomic E-state index is 15.1. The molecule has 2 N–H and O–H groups in total. The molecule has 2 aromatic heterocycles. The Morgan fingerprint density at radius 3 is 1.36 bits per heavy atom. The Labute approximate surface area is 422 Å². The van der Waals surface area contributed by atoms with E-state index < -0.39 is 67.6 Å². The summed E-state index contributed by atoms with van der Waals surface area (Å²) in [6.07, 6.45) is -2.63. The smallest absolute Gasteiger partial charge is 0.339 e. The highest BCUT2D eigenvalue weighted by Crippen LogP contribution is 2.37. The van der Waals surface area contributed by atoms with Gasteiger partial charge in [0.2, 0.25) is 20.0 Å². The number of quaternary nitrogens is 2. The normalized spacial score (nSPS) is 21.8. The van der Waals surface area contributed by atoms with Gasteiger partial charge < -0.3 is 35.5 Å². The highest BCUT2D eigenvalue weighted by molar-refractivity contribution is 7.89. The molecule has 4 heterocycles. The number of nitrogens with one attached hydrogen (secondary N) is 2. The van der Waals surface area contributed by atoms with Gasteiger partial charge in [0.1, 0.15) is 18.2 Å². The van der Waals surface area contributed by atoms with Crippen LogP contribution in [0.5, 0.6) is 0 Å². The molecule has 0 radical (unpaired) electrons. The topological polar surface area (TPSA) is 208 Å². The van der Waals surface area contributed by atoms with Crippen LogP contribution < -0.4 is 19.9 Å². The van der Waals surface area contributed by atoms with E-state index in [2.05, 4.69) is 0 Å². The van der Waals surface area contributed by atoms with Crippen molar-refractivity contribution in [2.24, 2.45) is 0 Å². The molecule has 384 valence electrons. The fourth-order valence-electron chi connectivity index (χ4n) is 9.99. The molecule has 2 fully saturated rings. The van der Waals surface area contributed by atoms with E-state index in [4.69, 9.17) is 9.97 Å². The van der Waals surface area contributed by atoms with Gasteiger partial charge in [-0.1, -0.05) is 60.7 Å². The van der Waals surface area contributed by atoms with Crippen LogP contribution in [0.3, 0.4) is 0 Å². The Morgan fingerprint density at radius 1 is 0.569 bits per heavy atom. The average molecular weight is 1020 g/mol. The number of hydroxylamine groups is 6. The predicted octanol–water partition coefficient (Wildman–Crippen LogP) is 5.10. The summed E-state index contributed by atoms with van der Waals surface area (Å²) < 4.78 is 63.6. The van der Waals surface area contributed by atoms with Gasteiger partial charge in [0.05, 0.1) is 62.5 Å². The summed E-state index contributed by atoms with van der Waals surface area (Å²) in [6.45, 7) is 12.0. The first-order valence-electron chi connectivity index (χ1n) is 23.9. The zero-order valence-corrected chi connectivity index (χ0v) is 44.7. The van der Waals surface area contributed by atoms with Crippen LogP contribution in [0, 0.1) is 20.5 Å². The van der Waals surface area contributed by atoms with Gasteiger partial charge in [-0.2, -0.15) is 8.61 Å². The van der Waals surface area contributed by atoms with Crippen molar-refractivity contribution in [3.05, 3.63) is 141 Å². The average Bonchev–Trinajstić information content (AvgIpc) is 3.52. The van der Waals surface area contributed by atoms with Crippen molar-refractivity contribution >= 4 is 53.0 Å². The molecule has 2 saturated heterocycles. The van der Waals surface area contributed by atoms with Crippen LogP contribution in [-0.4, -0.2) is 121 Å². The molecule has 72 heavy (non-hydrogen) atoms. The third kappa shape index (κ3) is 8.73. The minimum atomic E-state index is -4.44. The number of hydrogen-bond acceptors (Lipinski definition) is 13. The maximum Gasteiger partial charge on any atom is 0.339 e. The number of pyridine rings is 2. The van der Waals surface area contributed by atoms with Crippen molar-refractivity contribution in [3.8, 4) is 11.4 Å². The van der Waals surface area contributed by atoms with Crippen LogP contribution in [0.25, 0.3) is 32.9 Å². The van der Waals surface area contributed by atoms with E-state index in [0.29, 0.717) is 42.8 Å². The first-order chi connectivity index (χ1) is 33.6. The van der Waals surface area contributed by atoms with E-state index in [-0.39, 0.29) is 44.4 Å². The molecule has 4 unspecified atom stereocenters. The second kappa shape index (κ2) is 18.8. The van der Waals surface area contributed by atoms with Crippen molar-refractivity contribution in [2.75, 3.05) is 51.1 Å². The lowest BCUT2D eigenvalue weighted by Gasteiger charge is -2.42. The van der Waals surface area contributed by atoms with Crippen molar-refractivity contribution in [3.63, 3.8) is 0 Å². The molecule has 4 atom stereocenters. The van der Waals surface area contributed by atoms with Gasteiger partial charge in [0, 0.05) is 79.9 Å². The number of nitroso groups, excluding NO2 is 1. The molecule has 0 aliphatic carbocycles. The molecule has 6 aromatic rings. The molecule has 18 nitrogen and oxygen atoms in total. The Bertz CT molecular complexity index is 3270. The zero-order valence-electron chi connectivity index (χ0n) is 43.0. The van der Waals surface area contributed by atoms with Crippen LogP contribution in [0.1, 0.15) is 66.8 Å². The highest BCUT2D eigenvalue weighted by Gasteiger charge is 2.68. The quantitative estimate of drug-likeness (QED) is 0.102. The Kier molecular flexibility index (Phi) is 13.8. The number of benzene rings is 4. The number of nitrogens with zero attached hydrogens (tertiary/aromatic N) is 8. The van der Waals surface area contributed by atoms with Crippen LogP contribution >= 0.6 is 0 Å². The molecule has 0 amide bonds. The van der Waals surface area contributed by atoms with Gasteiger partial charge in [0.15, 0.2) is 5.54 Å². The largest absolute Gasteiger partial charge is 0.780 e. The Morgan fingerprint density at radius 2 is 0.972 bits per heavy atom. The van der Waals surface area contributed by atoms with Crippen molar-refractivity contribution < 1.29 is 31.7 Å². The van der Waals surface area contributed by atoms with E-state index >= 15 is 16.8 Å². The van der Waals surface area contributed by atoms with Gasteiger partial charge in [-0.05, 0) is 90.1 Å². The summed E-state index contributed by atoms with van der Waals surface area (Å²) in [5.41, 5.74) is -1.59. The summed E-state index contributed by atoms with van der Waals surface area (Å²) >= 11 is 0. The molecule has 0 spiro atoms. The fraction of sp³-hybridized carbons (Fsp3) is 0.423. The lowest BCUT2D eigenvalue weighted by Crippen LogP contribution is -3.18. The summed E-state index contributed by atoms with van der Waals surface area (Å²) in [6, 6.07) is 31.0. The SMILES string of the molecule is CN(C)c1cccc2c(S(=O)(=O)N(Cc3cccc(-c4cccc(CN(CC5[N+](=O)C(C)(C)C(C)(C)[NH+]5[O-])S(=O)(=O)c5cccc6c(N(C)C)cccc56)n4)n3)CC3N([O-])C(C)(C)C(C)(C)[NH+]3[O-])cccc12. The zero-order chi connectivity index (χ0) is 52.7. The predicted molar refractivity (Wildman–Crippen MR) is 281 cm³/mol. The van der Waals surface area contributed by atoms with Crippen molar-refractivity contribution in [1.29, 1.82) is 0 Å². The van der Waals surface area contributed by atoms with E-state index in [1.807, 2.05) is 62.3 Å². The van der Waals surface area contributed by atoms with Crippen molar-refractivity contribution in [2.45, 2.75) is 113 Å². The second-order valence-corrected chi connectivity index (χ2v) is 25.3. The number of fused-ring (bicyclic) bond motifs is 2. The first-order valence-corrected chi connectivity index (χ1v) is 26.8. The monoisotopic (exact) mass is 1020 g/mol. The van der Waals surface area contributed by atoms with Crippen molar-refractivity contribution in [1.82, 2.24) is 23.6 Å². The number of rotatable bonds is 15. The molecule has 4 aromatic carbocycles. The number of aromatic nitrogens is 2. The van der Waals surface area contributed by atoms with Crippen LogP contribution in [0.4, 0.5) is 11.4 Å². The van der Waals surface area contributed by atoms with E-state index in [1.165, 1.54) is 12.1 Å². The van der Waals surface area contributed by atoms with E-state index in [9.17, 15) is 20.5 Å². The maximum atomic E-state index is 15.1. The highest BCUT2D eigenvalue weighted by atomic mass is 32.2. The molecule has 2 aliphatic rings. The van der Waals surface area contributed by atoms with E-state index in [1.54, 1.807) is 128 Å². The Balaban J connectivity index is 1.17. The lowest BCUT2D eigenvalue weighted by molar-refractivity contribution is -0.957. The van der Waals surface area contributed by atoms with Crippen LogP contribution in [-0.2, 0) is 33.1 Å². The molecule has 20 heteroatoms. The molecule has 2 aliphatic heterocycles. The van der Waals surface area contributed by atoms with Gasteiger partial charge in [0.25, 0.3) is 5.54 Å². The van der Waals surface area contributed by atoms with E-state index in [0.717, 1.165) is 20.0 Å². The van der Waals surface area contributed by atoms with Gasteiger partial charge in [-0.25, -0.2) is 26.8 Å². The minimum absolute atomic E-state index is 0.00307. The van der Waals surface area contributed by atoms with Crippen LogP contribution in [0.15, 0.2) is 119 Å². The molecule has 0 saturated carbocycles. The van der Waals surface area contributed by atoms with Crippen LogP contribution in [0.2, 0.25) is 0 Å². The Hall–Kier alpha value is -5.52. The summed E-state index contributed by atoms with van der Waals surface area (Å²) in [4.78, 5) is 27.5. The standard InChI is InChI=1S/C52H66N10O8S2/c1-49(2)50(3,4)60(64)47(59(49)63)33-57(71(67,68)45-29-17-21-37-39(45)23-15-27-43(37)55(9)10)31-35-19-13-25-41(53-35)42-26-14-20-36(54-42)32-58(34-48-61(65)51(5,6)52(7,8)62(48)66)72(69,70)46-30-18-22-38-40(46)24-16-28-44(38)56(11)12/h13-30,47-48,59,61H,31-34H2,1-12H3. The first kappa shape index (κ1) is 52.8. The summed E-state index contributed by atoms with van der Waals surface area (Å²) in [5.74, 6) is 0. The van der Waals surface area contributed by atoms with Gasteiger partial charge in [-0.15, -0.1) is 0 Å². The number of hydrogen-bond donors (Lipinski definition) is 2. The third-order valence-electron chi connectivity index (χ3n) is 15.8. The van der Waals surface area contributed by atoms with Gasteiger partial charge in [-0.3, -0.25) is 5.06 Å². The van der Waals surface area contributed by atoms with Gasteiger partial charge >= 0.3 is 6.17 Å². The summed E-state index contributed by atoms with van der Waals surface area (Å²) in [7, 11) is -1.39. The minimum Gasteiger partial charge on any atom is -0.780 e. The molecular weight excluding hydrogens is 957 g/mol. The molecular formula is C52H66N10O8S2. The lowest BCUT2D eigenvalue weighted by atomic mass is 9.84. The number of sulfonamides is 2. The number of anilines is 2.